The molecule has 0 saturated carbocycles. The third kappa shape index (κ3) is 3.50. The number of thiocarbonyl (C=S) groups is 1. The summed E-state index contributed by atoms with van der Waals surface area (Å²) in [5, 5.41) is 8.88. The molecule has 4 heteroatoms. The lowest BCUT2D eigenvalue weighted by Gasteiger charge is -2.02. The summed E-state index contributed by atoms with van der Waals surface area (Å²) in [6.45, 7) is 0. The summed E-state index contributed by atoms with van der Waals surface area (Å²) < 4.78 is 0. The summed E-state index contributed by atoms with van der Waals surface area (Å²) >= 11 is 4.95. The summed E-state index contributed by atoms with van der Waals surface area (Å²) in [7, 11) is 1.45. The van der Waals surface area contributed by atoms with Gasteiger partial charge in [0, 0.05) is 0 Å². The van der Waals surface area contributed by atoms with Gasteiger partial charge >= 0.3 is 0 Å². The molecule has 0 aliphatic heterocycles. The van der Waals surface area contributed by atoms with Crippen LogP contribution in [0.3, 0.4) is 0 Å². The Morgan fingerprint density at radius 3 is 2.67 bits per heavy atom. The molecule has 0 aliphatic carbocycles. The maximum absolute atomic E-state index is 8.88. The molecular weight excluding hydrogens is 208 g/mol. The van der Waals surface area contributed by atoms with Crippen LogP contribution in [0.1, 0.15) is 5.56 Å². The van der Waals surface area contributed by atoms with Gasteiger partial charge in [-0.15, -0.1) is 0 Å². The minimum Gasteiger partial charge on any atom is -0.279 e. The Kier molecular flexibility index (Phi) is 4.48. The number of rotatable bonds is 3. The van der Waals surface area contributed by atoms with Gasteiger partial charge in [0.2, 0.25) is 0 Å². The van der Waals surface area contributed by atoms with Crippen molar-refractivity contribution in [3.05, 3.63) is 41.5 Å². The van der Waals surface area contributed by atoms with Gasteiger partial charge in [-0.2, -0.15) is 5.26 Å². The highest BCUT2D eigenvalue weighted by atomic mass is 32.1. The van der Waals surface area contributed by atoms with Crippen molar-refractivity contribution in [1.82, 2.24) is 5.48 Å². The van der Waals surface area contributed by atoms with Crippen molar-refractivity contribution in [2.24, 2.45) is 0 Å². The van der Waals surface area contributed by atoms with Gasteiger partial charge in [0.15, 0.2) is 0 Å². The van der Waals surface area contributed by atoms with Crippen molar-refractivity contribution in [3.63, 3.8) is 0 Å². The predicted molar refractivity (Wildman–Crippen MR) is 62.8 cm³/mol. The van der Waals surface area contributed by atoms with E-state index in [4.69, 9.17) is 17.5 Å². The van der Waals surface area contributed by atoms with Crippen LogP contribution in [0, 0.1) is 11.3 Å². The van der Waals surface area contributed by atoms with E-state index in [1.54, 1.807) is 6.08 Å². The van der Waals surface area contributed by atoms with Gasteiger partial charge in [-0.25, -0.2) is 0 Å². The maximum Gasteiger partial charge on any atom is 0.141 e. The Morgan fingerprint density at radius 1 is 1.47 bits per heavy atom. The fraction of sp³-hybridized carbons (Fsp3) is 0.0909. The first-order valence-electron chi connectivity index (χ1n) is 4.28. The molecule has 0 radical (unpaired) electrons. The highest BCUT2D eigenvalue weighted by Gasteiger charge is 2.02. The molecule has 1 aromatic carbocycles. The first-order chi connectivity index (χ1) is 7.27. The highest BCUT2D eigenvalue weighted by molar-refractivity contribution is 7.80. The van der Waals surface area contributed by atoms with Gasteiger partial charge < -0.3 is 0 Å². The molecule has 0 saturated heterocycles. The molecule has 0 unspecified atom stereocenters. The third-order valence-corrected chi connectivity index (χ3v) is 1.97. The second kappa shape index (κ2) is 5.91. The predicted octanol–water partition coefficient (Wildman–Crippen LogP) is 2.07. The lowest BCUT2D eigenvalue weighted by Crippen LogP contribution is -2.20. The molecule has 3 nitrogen and oxygen atoms in total. The van der Waals surface area contributed by atoms with Gasteiger partial charge in [0.1, 0.15) is 11.1 Å². The number of nitrogens with one attached hydrogen (secondary N) is 1. The van der Waals surface area contributed by atoms with Gasteiger partial charge in [-0.1, -0.05) is 42.5 Å². The molecule has 0 atom stereocenters. The molecular formula is C11H10N2OS. The van der Waals surface area contributed by atoms with Crippen molar-refractivity contribution in [2.45, 2.75) is 0 Å². The van der Waals surface area contributed by atoms with E-state index in [9.17, 15) is 0 Å². The van der Waals surface area contributed by atoms with Crippen LogP contribution in [-0.2, 0) is 4.84 Å². The van der Waals surface area contributed by atoms with Crippen LogP contribution in [0.25, 0.3) is 6.08 Å². The number of benzene rings is 1. The van der Waals surface area contributed by atoms with Crippen LogP contribution in [0.4, 0.5) is 0 Å². The van der Waals surface area contributed by atoms with Crippen molar-refractivity contribution in [2.75, 3.05) is 7.11 Å². The van der Waals surface area contributed by atoms with E-state index in [0.717, 1.165) is 5.56 Å². The third-order valence-electron chi connectivity index (χ3n) is 1.67. The van der Waals surface area contributed by atoms with E-state index < -0.39 is 0 Å². The minimum atomic E-state index is 0.281. The van der Waals surface area contributed by atoms with E-state index in [0.29, 0.717) is 5.57 Å². The number of nitrogens with zero attached hydrogens (tertiary/aromatic N) is 1. The monoisotopic (exact) mass is 218 g/mol. The first kappa shape index (κ1) is 11.4. The number of nitriles is 1. The Hall–Kier alpha value is -1.70. The van der Waals surface area contributed by atoms with Crippen LogP contribution in [0.5, 0.6) is 0 Å². The van der Waals surface area contributed by atoms with Crippen molar-refractivity contribution < 1.29 is 4.84 Å². The Labute approximate surface area is 93.9 Å². The fourth-order valence-electron chi connectivity index (χ4n) is 1.01. The largest absolute Gasteiger partial charge is 0.279 e. The van der Waals surface area contributed by atoms with Crippen molar-refractivity contribution in [3.8, 4) is 6.07 Å². The number of hydrogen-bond acceptors (Lipinski definition) is 3. The van der Waals surface area contributed by atoms with Gasteiger partial charge in [0.05, 0.1) is 12.7 Å². The SMILES string of the molecule is CONC(=S)C(C#N)=Cc1ccccc1. The lowest BCUT2D eigenvalue weighted by atomic mass is 10.1. The number of hydrogen-bond donors (Lipinski definition) is 1. The molecule has 1 rings (SSSR count). The summed E-state index contributed by atoms with van der Waals surface area (Å²) in [6.07, 6.45) is 1.70. The van der Waals surface area contributed by atoms with Crippen LogP contribution in [0.15, 0.2) is 35.9 Å². The second-order valence-corrected chi connectivity index (χ2v) is 3.12. The van der Waals surface area contributed by atoms with Crippen LogP contribution >= 0.6 is 12.2 Å². The molecule has 0 aliphatic rings. The van der Waals surface area contributed by atoms with E-state index in [2.05, 4.69) is 10.3 Å². The maximum atomic E-state index is 8.88. The van der Waals surface area contributed by atoms with Gasteiger partial charge in [0.25, 0.3) is 0 Å². The smallest absolute Gasteiger partial charge is 0.141 e. The molecule has 0 fully saturated rings. The van der Waals surface area contributed by atoms with E-state index >= 15 is 0 Å². The van der Waals surface area contributed by atoms with Gasteiger partial charge in [-0.3, -0.25) is 10.3 Å². The zero-order valence-corrected chi connectivity index (χ0v) is 9.04. The van der Waals surface area contributed by atoms with E-state index in [1.165, 1.54) is 7.11 Å². The zero-order chi connectivity index (χ0) is 11.1. The topological polar surface area (TPSA) is 45.0 Å². The quantitative estimate of drug-likeness (QED) is 0.365. The molecule has 1 aromatic rings. The molecule has 76 valence electrons. The zero-order valence-electron chi connectivity index (χ0n) is 8.23. The summed E-state index contributed by atoms with van der Waals surface area (Å²) in [5.41, 5.74) is 3.76. The normalized spacial score (nSPS) is 10.5. The van der Waals surface area contributed by atoms with Gasteiger partial charge in [-0.05, 0) is 11.6 Å². The average molecular weight is 218 g/mol. The lowest BCUT2D eigenvalue weighted by molar-refractivity contribution is 0.147. The Balaban J connectivity index is 2.89. The van der Waals surface area contributed by atoms with Crippen molar-refractivity contribution >= 4 is 23.3 Å². The minimum absolute atomic E-state index is 0.281. The Bertz CT molecular complexity index is 406. The summed E-state index contributed by atoms with van der Waals surface area (Å²) in [5.74, 6) is 0. The molecule has 0 spiro atoms. The Morgan fingerprint density at radius 2 is 2.13 bits per heavy atom. The molecule has 0 amide bonds. The van der Waals surface area contributed by atoms with Crippen LogP contribution in [-0.4, -0.2) is 12.1 Å². The summed E-state index contributed by atoms with van der Waals surface area (Å²) in [4.78, 5) is 4.92. The average Bonchev–Trinajstić information content (AvgIpc) is 2.27. The summed E-state index contributed by atoms with van der Waals surface area (Å²) in [6, 6.07) is 11.5. The standard InChI is InChI=1S/C11H10N2OS/c1-14-13-11(15)10(8-12)7-9-5-3-2-4-6-9/h2-7H,1H3,(H,13,15). The molecule has 0 bridgehead atoms. The highest BCUT2D eigenvalue weighted by Crippen LogP contribution is 2.06. The molecule has 1 N–H and O–H groups in total. The van der Waals surface area contributed by atoms with Crippen LogP contribution in [0.2, 0.25) is 0 Å². The van der Waals surface area contributed by atoms with E-state index in [1.807, 2.05) is 36.4 Å². The molecule has 15 heavy (non-hydrogen) atoms. The number of hydroxylamine groups is 1. The van der Waals surface area contributed by atoms with E-state index in [-0.39, 0.29) is 4.99 Å². The molecule has 0 aromatic heterocycles. The second-order valence-electron chi connectivity index (χ2n) is 2.72. The van der Waals surface area contributed by atoms with Crippen LogP contribution < -0.4 is 5.48 Å². The fourth-order valence-corrected chi connectivity index (χ4v) is 1.20. The van der Waals surface area contributed by atoms with Crippen molar-refractivity contribution in [1.29, 1.82) is 5.26 Å². The first-order valence-corrected chi connectivity index (χ1v) is 4.69. The molecule has 0 heterocycles.